The first-order chi connectivity index (χ1) is 5.65. The van der Waals surface area contributed by atoms with E-state index in [1.807, 2.05) is 0 Å². The number of nitrogens with zero attached hydrogens (tertiary/aromatic N) is 1. The number of ether oxygens (including phenoxy) is 1. The van der Waals surface area contributed by atoms with Crippen LogP contribution in [0.15, 0.2) is 18.2 Å². The zero-order valence-electron chi connectivity index (χ0n) is 6.76. The van der Waals surface area contributed by atoms with Crippen LogP contribution in [0.5, 0.6) is 11.5 Å². The fourth-order valence-corrected chi connectivity index (χ4v) is 0.792. The summed E-state index contributed by atoms with van der Waals surface area (Å²) in [6.45, 7) is 0. The first-order valence-electron chi connectivity index (χ1n) is 3.16. The van der Waals surface area contributed by atoms with Gasteiger partial charge in [-0.05, 0) is 6.07 Å². The summed E-state index contributed by atoms with van der Waals surface area (Å²) >= 11 is 0. The van der Waals surface area contributed by atoms with E-state index < -0.39 is 4.92 Å². The van der Waals surface area contributed by atoms with Gasteiger partial charge in [-0.25, -0.2) is 0 Å². The molecule has 0 bridgehead atoms. The Labute approximate surface area is 137 Å². The molecule has 0 amide bonds. The van der Waals surface area contributed by atoms with Crippen molar-refractivity contribution in [3.63, 3.8) is 0 Å². The quantitative estimate of drug-likeness (QED) is 0.471. The molecule has 0 heterocycles. The molecule has 8 heteroatoms. The molecular formula is C7H10ClNNa2O4. The van der Waals surface area contributed by atoms with Gasteiger partial charge in [0.15, 0.2) is 11.5 Å². The molecule has 0 radical (unpaired) electrons. The van der Waals surface area contributed by atoms with Crippen LogP contribution in [0.3, 0.4) is 0 Å². The van der Waals surface area contributed by atoms with Crippen LogP contribution < -0.4 is 4.74 Å². The van der Waals surface area contributed by atoms with Gasteiger partial charge in [0.25, 0.3) is 5.69 Å². The standard InChI is InChI=1S/C7H7NO4.ClH.2Na.2H/c1-12-7-3-2-5(8(10)11)4-6(7)9;;;;;/h2-4,9H,1H3;1H;;;;. The van der Waals surface area contributed by atoms with E-state index in [-0.39, 0.29) is 88.7 Å². The van der Waals surface area contributed by atoms with Gasteiger partial charge >= 0.3 is 59.1 Å². The van der Waals surface area contributed by atoms with Crippen LogP contribution in [0.2, 0.25) is 0 Å². The van der Waals surface area contributed by atoms with Gasteiger partial charge < -0.3 is 9.84 Å². The third-order valence-electron chi connectivity index (χ3n) is 1.37. The predicted molar refractivity (Wildman–Crippen MR) is 62.9 cm³/mol. The Morgan fingerprint density at radius 3 is 2.27 bits per heavy atom. The second-order valence-corrected chi connectivity index (χ2v) is 2.11. The minimum atomic E-state index is -0.584. The second-order valence-electron chi connectivity index (χ2n) is 2.11. The Bertz CT molecular complexity index is 324. The molecule has 1 N–H and O–H groups in total. The van der Waals surface area contributed by atoms with Crippen LogP contribution in [0, 0.1) is 10.1 Å². The average Bonchev–Trinajstić information content (AvgIpc) is 2.04. The van der Waals surface area contributed by atoms with Crippen molar-refractivity contribution >= 4 is 77.2 Å². The number of non-ortho nitro benzene ring substituents is 1. The second kappa shape index (κ2) is 9.72. The molecule has 0 spiro atoms. The maximum absolute atomic E-state index is 10.2. The molecule has 0 aliphatic carbocycles. The molecule has 0 saturated carbocycles. The molecule has 0 unspecified atom stereocenters. The van der Waals surface area contributed by atoms with E-state index >= 15 is 0 Å². The van der Waals surface area contributed by atoms with E-state index in [1.165, 1.54) is 19.2 Å². The third kappa shape index (κ3) is 5.97. The predicted octanol–water partition coefficient (Wildman–Crippen LogP) is 0.434. The van der Waals surface area contributed by atoms with Gasteiger partial charge in [-0.15, -0.1) is 12.4 Å². The Hall–Kier alpha value is 0.510. The molecule has 5 nitrogen and oxygen atoms in total. The van der Waals surface area contributed by atoms with Crippen LogP contribution in [0.25, 0.3) is 0 Å². The van der Waals surface area contributed by atoms with Crippen LogP contribution in [-0.2, 0) is 0 Å². The molecule has 1 rings (SSSR count). The minimum absolute atomic E-state index is 0. The summed E-state index contributed by atoms with van der Waals surface area (Å²) < 4.78 is 4.71. The van der Waals surface area contributed by atoms with Crippen molar-refractivity contribution < 1.29 is 14.8 Å². The topological polar surface area (TPSA) is 72.6 Å². The van der Waals surface area contributed by atoms with Crippen molar-refractivity contribution in [1.82, 2.24) is 0 Å². The van der Waals surface area contributed by atoms with Gasteiger partial charge in [-0.3, -0.25) is 10.1 Å². The molecule has 0 fully saturated rings. The average molecular weight is 254 g/mol. The van der Waals surface area contributed by atoms with Crippen LogP contribution in [0.1, 0.15) is 0 Å². The zero-order chi connectivity index (χ0) is 9.14. The fraction of sp³-hybridized carbons (Fsp3) is 0.143. The Balaban J connectivity index is -0.000000480. The number of nitro groups is 1. The number of rotatable bonds is 2. The molecule has 0 aromatic heterocycles. The van der Waals surface area contributed by atoms with E-state index in [0.717, 1.165) is 6.07 Å². The summed E-state index contributed by atoms with van der Waals surface area (Å²) in [7, 11) is 1.38. The third-order valence-corrected chi connectivity index (χ3v) is 1.37. The van der Waals surface area contributed by atoms with Crippen LogP contribution >= 0.6 is 12.4 Å². The number of halogens is 1. The van der Waals surface area contributed by atoms with Crippen LogP contribution in [-0.4, -0.2) is 76.3 Å². The number of methoxy groups -OCH3 is 1. The number of hydrogen-bond acceptors (Lipinski definition) is 4. The first-order valence-corrected chi connectivity index (χ1v) is 3.16. The SMILES string of the molecule is COc1ccc([N+](=O)[O-])cc1O.Cl.[NaH].[NaH]. The summed E-state index contributed by atoms with van der Waals surface area (Å²) in [6.07, 6.45) is 0. The van der Waals surface area contributed by atoms with Gasteiger partial charge in [0.2, 0.25) is 0 Å². The molecular weight excluding hydrogens is 244 g/mol. The van der Waals surface area contributed by atoms with E-state index in [0.29, 0.717) is 0 Å². The van der Waals surface area contributed by atoms with Gasteiger partial charge in [0.05, 0.1) is 18.1 Å². The van der Waals surface area contributed by atoms with Crippen LogP contribution in [0.4, 0.5) is 5.69 Å². The summed E-state index contributed by atoms with van der Waals surface area (Å²) in [5, 5.41) is 19.3. The molecule has 1 aromatic rings. The van der Waals surface area contributed by atoms with Crippen molar-refractivity contribution in [2.75, 3.05) is 7.11 Å². The monoisotopic (exact) mass is 253 g/mol. The number of phenols is 1. The van der Waals surface area contributed by atoms with Crippen molar-refractivity contribution in [2.45, 2.75) is 0 Å². The normalized spacial score (nSPS) is 7.53. The van der Waals surface area contributed by atoms with Gasteiger partial charge in [0.1, 0.15) is 0 Å². The summed E-state index contributed by atoms with van der Waals surface area (Å²) in [6, 6.07) is 3.64. The number of benzene rings is 1. The van der Waals surface area contributed by atoms with Crippen molar-refractivity contribution in [3.8, 4) is 11.5 Å². The molecule has 15 heavy (non-hydrogen) atoms. The Morgan fingerprint density at radius 1 is 1.40 bits per heavy atom. The summed E-state index contributed by atoms with van der Waals surface area (Å²) in [4.78, 5) is 9.62. The first kappa shape index (κ1) is 20.9. The van der Waals surface area contributed by atoms with E-state index in [9.17, 15) is 10.1 Å². The maximum atomic E-state index is 10.2. The van der Waals surface area contributed by atoms with Gasteiger partial charge in [0, 0.05) is 6.07 Å². The molecule has 76 valence electrons. The molecule has 1 aromatic carbocycles. The van der Waals surface area contributed by atoms with Gasteiger partial charge in [-0.1, -0.05) is 0 Å². The van der Waals surface area contributed by atoms with Crippen molar-refractivity contribution in [1.29, 1.82) is 0 Å². The number of hydrogen-bond donors (Lipinski definition) is 1. The zero-order valence-corrected chi connectivity index (χ0v) is 7.58. The molecule has 0 saturated heterocycles. The molecule has 0 aliphatic heterocycles. The van der Waals surface area contributed by atoms with Crippen molar-refractivity contribution in [3.05, 3.63) is 28.3 Å². The number of phenolic OH excluding ortho intramolecular Hbond substituents is 1. The summed E-state index contributed by atoms with van der Waals surface area (Å²) in [5.41, 5.74) is -0.159. The van der Waals surface area contributed by atoms with E-state index in [1.54, 1.807) is 0 Å². The van der Waals surface area contributed by atoms with E-state index in [2.05, 4.69) is 0 Å². The number of aromatic hydroxyl groups is 1. The Morgan fingerprint density at radius 2 is 1.93 bits per heavy atom. The van der Waals surface area contributed by atoms with Crippen molar-refractivity contribution in [2.24, 2.45) is 0 Å². The summed E-state index contributed by atoms with van der Waals surface area (Å²) in [5.74, 6) is -0.00713. The number of nitro benzene ring substituents is 1. The molecule has 0 atom stereocenters. The molecule has 0 aliphatic rings. The fourth-order valence-electron chi connectivity index (χ4n) is 0.792. The van der Waals surface area contributed by atoms with Gasteiger partial charge in [-0.2, -0.15) is 0 Å². The van der Waals surface area contributed by atoms with E-state index in [4.69, 9.17) is 9.84 Å². The Kier molecular flexibility index (Phi) is 13.5.